The fourth-order valence-electron chi connectivity index (χ4n) is 2.53. The van der Waals surface area contributed by atoms with Crippen molar-refractivity contribution in [2.75, 3.05) is 6.61 Å². The normalized spacial score (nSPS) is 23.1. The van der Waals surface area contributed by atoms with E-state index in [1.165, 1.54) is 0 Å². The Morgan fingerprint density at radius 1 is 1.35 bits per heavy atom. The number of morpholine rings is 1. The van der Waals surface area contributed by atoms with E-state index in [9.17, 15) is 4.79 Å². The summed E-state index contributed by atoms with van der Waals surface area (Å²) in [7, 11) is 0. The van der Waals surface area contributed by atoms with Crippen LogP contribution in [0.3, 0.4) is 0 Å². The Bertz CT molecular complexity index is 568. The number of ether oxygens (including phenoxy) is 1. The Hall–Kier alpha value is -2.14. The van der Waals surface area contributed by atoms with Crippen LogP contribution in [-0.2, 0) is 16.1 Å². The number of rotatable bonds is 3. The number of nitrogens with zero attached hydrogens (tertiary/aromatic N) is 3. The van der Waals surface area contributed by atoms with E-state index in [2.05, 4.69) is 4.98 Å². The minimum absolute atomic E-state index is 0.0257. The Labute approximate surface area is 117 Å². The van der Waals surface area contributed by atoms with E-state index in [1.54, 1.807) is 12.5 Å². The molecule has 0 aliphatic carbocycles. The van der Waals surface area contributed by atoms with Gasteiger partial charge in [-0.15, -0.1) is 0 Å². The first-order valence-electron chi connectivity index (χ1n) is 6.68. The zero-order valence-corrected chi connectivity index (χ0v) is 11.3. The van der Waals surface area contributed by atoms with Crippen LogP contribution in [0.25, 0.3) is 0 Å². The molecule has 2 heterocycles. The molecule has 0 N–H and O–H groups in total. The maximum absolute atomic E-state index is 12.1. The molecule has 1 aliphatic rings. The largest absolute Gasteiger partial charge is 0.346 e. The van der Waals surface area contributed by atoms with Gasteiger partial charge in [0, 0.05) is 18.9 Å². The van der Waals surface area contributed by atoms with Gasteiger partial charge in [-0.25, -0.2) is 4.98 Å². The Morgan fingerprint density at radius 2 is 2.15 bits per heavy atom. The average Bonchev–Trinajstić information content (AvgIpc) is 2.98. The minimum Gasteiger partial charge on any atom is -0.346 e. The molecule has 2 atom stereocenters. The molecule has 5 nitrogen and oxygen atoms in total. The lowest BCUT2D eigenvalue weighted by Gasteiger charge is -2.39. The first-order chi connectivity index (χ1) is 9.75. The van der Waals surface area contributed by atoms with Gasteiger partial charge in [0.15, 0.2) is 6.23 Å². The molecule has 3 rings (SSSR count). The lowest BCUT2D eigenvalue weighted by molar-refractivity contribution is -0.165. The average molecular weight is 271 g/mol. The van der Waals surface area contributed by atoms with E-state index in [-0.39, 0.29) is 24.8 Å². The quantitative estimate of drug-likeness (QED) is 0.855. The highest BCUT2D eigenvalue weighted by molar-refractivity contribution is 5.78. The summed E-state index contributed by atoms with van der Waals surface area (Å²) < 4.78 is 7.54. The molecular formula is C15H17N3O2. The lowest BCUT2D eigenvalue weighted by atomic mass is 10.1. The molecule has 1 aliphatic heterocycles. The summed E-state index contributed by atoms with van der Waals surface area (Å²) in [6, 6.07) is 9.97. The molecule has 1 aromatic heterocycles. The van der Waals surface area contributed by atoms with Gasteiger partial charge in [0.2, 0.25) is 5.91 Å². The predicted octanol–water partition coefficient (Wildman–Crippen LogP) is 1.83. The summed E-state index contributed by atoms with van der Waals surface area (Å²) >= 11 is 0. The minimum atomic E-state index is -0.182. The predicted molar refractivity (Wildman–Crippen MR) is 73.7 cm³/mol. The number of carbonyl (C=O) groups excluding carboxylic acids is 1. The number of imidazole rings is 1. The molecule has 1 amide bonds. The highest BCUT2D eigenvalue weighted by Crippen LogP contribution is 2.25. The van der Waals surface area contributed by atoms with Crippen molar-refractivity contribution in [3.05, 3.63) is 54.6 Å². The molecule has 0 radical (unpaired) electrons. The Balaban J connectivity index is 1.80. The second-order valence-corrected chi connectivity index (χ2v) is 4.96. The molecular weight excluding hydrogens is 254 g/mol. The molecule has 0 spiro atoms. The second-order valence-electron chi connectivity index (χ2n) is 4.96. The molecule has 20 heavy (non-hydrogen) atoms. The third-order valence-electron chi connectivity index (χ3n) is 3.62. The van der Waals surface area contributed by atoms with Crippen molar-refractivity contribution in [1.82, 2.24) is 14.5 Å². The summed E-state index contributed by atoms with van der Waals surface area (Å²) in [5.74, 6) is 0.0257. The number of aromatic nitrogens is 2. The molecule has 1 aromatic carbocycles. The van der Waals surface area contributed by atoms with E-state index in [0.29, 0.717) is 6.54 Å². The summed E-state index contributed by atoms with van der Waals surface area (Å²) in [5, 5.41) is 0. The first-order valence-corrected chi connectivity index (χ1v) is 6.68. The topological polar surface area (TPSA) is 47.4 Å². The molecule has 104 valence electrons. The van der Waals surface area contributed by atoms with Crippen molar-refractivity contribution in [1.29, 1.82) is 0 Å². The van der Waals surface area contributed by atoms with Gasteiger partial charge in [-0.3, -0.25) is 4.79 Å². The van der Waals surface area contributed by atoms with Gasteiger partial charge < -0.3 is 14.2 Å². The monoisotopic (exact) mass is 271 g/mol. The van der Waals surface area contributed by atoms with Crippen LogP contribution in [0.15, 0.2) is 49.1 Å². The number of carbonyl (C=O) groups is 1. The molecule has 1 unspecified atom stereocenters. The maximum Gasteiger partial charge on any atom is 0.249 e. The number of hydrogen-bond acceptors (Lipinski definition) is 3. The number of amides is 1. The highest BCUT2D eigenvalue weighted by Gasteiger charge is 2.34. The summed E-state index contributed by atoms with van der Waals surface area (Å²) in [5.41, 5.74) is 1.12. The fourth-order valence-corrected chi connectivity index (χ4v) is 2.53. The smallest absolute Gasteiger partial charge is 0.249 e. The fraction of sp³-hybridized carbons (Fsp3) is 0.333. The zero-order valence-electron chi connectivity index (χ0n) is 11.3. The molecule has 2 aromatic rings. The number of hydrogen-bond donors (Lipinski definition) is 0. The SMILES string of the molecule is C[C@H]1C(n2ccnc2)OCC(=O)N1Cc1ccccc1. The third kappa shape index (κ3) is 2.44. The van der Waals surface area contributed by atoms with Crippen LogP contribution in [0.2, 0.25) is 0 Å². The molecule has 5 heteroatoms. The van der Waals surface area contributed by atoms with Gasteiger partial charge in [0.1, 0.15) is 6.61 Å². The van der Waals surface area contributed by atoms with Crippen molar-refractivity contribution in [3.63, 3.8) is 0 Å². The highest BCUT2D eigenvalue weighted by atomic mass is 16.5. The zero-order chi connectivity index (χ0) is 13.9. The van der Waals surface area contributed by atoms with E-state index in [0.717, 1.165) is 5.56 Å². The van der Waals surface area contributed by atoms with Gasteiger partial charge in [0.25, 0.3) is 0 Å². The molecule has 0 saturated carbocycles. The lowest BCUT2D eigenvalue weighted by Crippen LogP contribution is -2.50. The van der Waals surface area contributed by atoms with Gasteiger partial charge >= 0.3 is 0 Å². The molecule has 0 bridgehead atoms. The second kappa shape index (κ2) is 5.46. The van der Waals surface area contributed by atoms with Crippen LogP contribution in [0.4, 0.5) is 0 Å². The maximum atomic E-state index is 12.1. The third-order valence-corrected chi connectivity index (χ3v) is 3.62. The Morgan fingerprint density at radius 3 is 2.85 bits per heavy atom. The van der Waals surface area contributed by atoms with Crippen LogP contribution in [0.5, 0.6) is 0 Å². The van der Waals surface area contributed by atoms with Crippen LogP contribution in [-0.4, -0.2) is 33.0 Å². The summed E-state index contributed by atoms with van der Waals surface area (Å²) in [4.78, 5) is 18.0. The van der Waals surface area contributed by atoms with Crippen molar-refractivity contribution >= 4 is 5.91 Å². The van der Waals surface area contributed by atoms with Crippen molar-refractivity contribution in [2.24, 2.45) is 0 Å². The van der Waals surface area contributed by atoms with Crippen LogP contribution < -0.4 is 0 Å². The van der Waals surface area contributed by atoms with Gasteiger partial charge in [0.05, 0.1) is 12.4 Å². The first kappa shape index (κ1) is 12.9. The van der Waals surface area contributed by atoms with E-state index in [4.69, 9.17) is 4.74 Å². The number of benzene rings is 1. The van der Waals surface area contributed by atoms with Crippen LogP contribution in [0, 0.1) is 0 Å². The van der Waals surface area contributed by atoms with Crippen molar-refractivity contribution in [2.45, 2.75) is 25.7 Å². The van der Waals surface area contributed by atoms with E-state index in [1.807, 2.05) is 52.9 Å². The van der Waals surface area contributed by atoms with Crippen molar-refractivity contribution < 1.29 is 9.53 Å². The van der Waals surface area contributed by atoms with E-state index < -0.39 is 0 Å². The summed E-state index contributed by atoms with van der Waals surface area (Å²) in [6.07, 6.45) is 5.11. The van der Waals surface area contributed by atoms with Gasteiger partial charge in [-0.1, -0.05) is 30.3 Å². The van der Waals surface area contributed by atoms with Gasteiger partial charge in [-0.2, -0.15) is 0 Å². The molecule has 1 saturated heterocycles. The van der Waals surface area contributed by atoms with Crippen LogP contribution >= 0.6 is 0 Å². The standard InChI is InChI=1S/C15H17N3O2/c1-12-15(17-8-7-16-11-17)20-10-14(19)18(12)9-13-5-3-2-4-6-13/h2-8,11-12,15H,9-10H2,1H3/t12-,15?/m0/s1. The van der Waals surface area contributed by atoms with Crippen molar-refractivity contribution in [3.8, 4) is 0 Å². The molecule has 1 fully saturated rings. The van der Waals surface area contributed by atoms with E-state index >= 15 is 0 Å². The Kier molecular flexibility index (Phi) is 3.52. The van der Waals surface area contributed by atoms with Gasteiger partial charge in [-0.05, 0) is 12.5 Å². The summed E-state index contributed by atoms with van der Waals surface area (Å²) in [6.45, 7) is 2.72. The van der Waals surface area contributed by atoms with Crippen LogP contribution in [0.1, 0.15) is 18.7 Å².